The van der Waals surface area contributed by atoms with Crippen LogP contribution in [0.3, 0.4) is 0 Å². The number of nitrogens with one attached hydrogen (secondary N) is 1. The van der Waals surface area contributed by atoms with Crippen LogP contribution in [0.5, 0.6) is 0 Å². The van der Waals surface area contributed by atoms with Crippen molar-refractivity contribution in [2.24, 2.45) is 0 Å². The molecule has 2 aromatic heterocycles. The Morgan fingerprint density at radius 1 is 1.25 bits per heavy atom. The number of fused-ring (bicyclic) bond motifs is 1. The maximum Gasteiger partial charge on any atom is 0.255 e. The quantitative estimate of drug-likeness (QED) is 0.694. The molecule has 1 aliphatic carbocycles. The number of benzene rings is 1. The van der Waals surface area contributed by atoms with E-state index in [1.54, 1.807) is 22.7 Å². The number of anilines is 2. The zero-order valence-electron chi connectivity index (χ0n) is 15.4. The molecule has 4 rings (SSSR count). The smallest absolute Gasteiger partial charge is 0.255 e. The van der Waals surface area contributed by atoms with Crippen LogP contribution in [0.4, 0.5) is 11.4 Å². The Kier molecular flexibility index (Phi) is 4.65. The van der Waals surface area contributed by atoms with Crippen LogP contribution >= 0.6 is 0 Å². The van der Waals surface area contributed by atoms with Crippen LogP contribution < -0.4 is 11.1 Å². The minimum atomic E-state index is -0.104. The molecule has 6 nitrogen and oxygen atoms in total. The third-order valence-corrected chi connectivity index (χ3v) is 4.52. The SMILES string of the molecule is CCC1=CC(C(=O)Nc2cccc(C#Cc3nnc4ccc(N)cn34)c2)=CC1. The van der Waals surface area contributed by atoms with Gasteiger partial charge < -0.3 is 11.1 Å². The highest BCUT2D eigenvalue weighted by Crippen LogP contribution is 2.21. The van der Waals surface area contributed by atoms with Gasteiger partial charge >= 0.3 is 0 Å². The first kappa shape index (κ1) is 17.6. The molecule has 0 unspecified atom stereocenters. The fourth-order valence-electron chi connectivity index (χ4n) is 2.98. The first-order valence-electron chi connectivity index (χ1n) is 9.05. The molecule has 3 N–H and O–H groups in total. The lowest BCUT2D eigenvalue weighted by Crippen LogP contribution is -2.12. The summed E-state index contributed by atoms with van der Waals surface area (Å²) in [7, 11) is 0. The Balaban J connectivity index is 1.53. The molecule has 138 valence electrons. The van der Waals surface area contributed by atoms with Crippen LogP contribution in [0.1, 0.15) is 31.2 Å². The predicted octanol–water partition coefficient (Wildman–Crippen LogP) is 3.32. The minimum absolute atomic E-state index is 0.104. The van der Waals surface area contributed by atoms with Gasteiger partial charge in [-0.1, -0.05) is 36.6 Å². The van der Waals surface area contributed by atoms with E-state index in [9.17, 15) is 4.79 Å². The molecular weight excluding hydrogens is 350 g/mol. The number of carbonyl (C=O) groups is 1. The summed E-state index contributed by atoms with van der Waals surface area (Å²) in [6.07, 6.45) is 7.47. The molecule has 0 saturated heterocycles. The average Bonchev–Trinajstić information content (AvgIpc) is 3.33. The predicted molar refractivity (Wildman–Crippen MR) is 110 cm³/mol. The number of allylic oxidation sites excluding steroid dienone is 2. The van der Waals surface area contributed by atoms with Gasteiger partial charge in [0.1, 0.15) is 0 Å². The van der Waals surface area contributed by atoms with Crippen LogP contribution in [0, 0.1) is 11.8 Å². The van der Waals surface area contributed by atoms with Crippen LogP contribution in [0.2, 0.25) is 0 Å². The maximum atomic E-state index is 12.4. The van der Waals surface area contributed by atoms with Gasteiger partial charge in [0.05, 0.1) is 0 Å². The van der Waals surface area contributed by atoms with E-state index in [1.165, 1.54) is 5.57 Å². The van der Waals surface area contributed by atoms with Gasteiger partial charge in [0.25, 0.3) is 5.91 Å². The molecule has 3 aromatic rings. The van der Waals surface area contributed by atoms with E-state index in [2.05, 4.69) is 34.3 Å². The van der Waals surface area contributed by atoms with E-state index in [4.69, 9.17) is 5.73 Å². The lowest BCUT2D eigenvalue weighted by Gasteiger charge is -2.05. The van der Waals surface area contributed by atoms with Crippen LogP contribution in [-0.4, -0.2) is 20.5 Å². The Labute approximate surface area is 162 Å². The molecule has 2 heterocycles. The van der Waals surface area contributed by atoms with Gasteiger partial charge in [-0.15, -0.1) is 10.2 Å². The van der Waals surface area contributed by atoms with Crippen molar-refractivity contribution >= 4 is 22.9 Å². The third-order valence-electron chi connectivity index (χ3n) is 4.52. The average molecular weight is 369 g/mol. The molecule has 0 atom stereocenters. The molecule has 1 aliphatic rings. The fourth-order valence-corrected chi connectivity index (χ4v) is 2.98. The monoisotopic (exact) mass is 369 g/mol. The number of aromatic nitrogens is 3. The molecule has 0 bridgehead atoms. The minimum Gasteiger partial charge on any atom is -0.398 e. The Hall–Kier alpha value is -3.85. The fraction of sp³-hybridized carbons (Fsp3) is 0.136. The molecule has 28 heavy (non-hydrogen) atoms. The van der Waals surface area contributed by atoms with E-state index in [-0.39, 0.29) is 5.91 Å². The lowest BCUT2D eigenvalue weighted by atomic mass is 10.2. The number of nitrogens with zero attached hydrogens (tertiary/aromatic N) is 3. The Morgan fingerprint density at radius 2 is 2.14 bits per heavy atom. The molecule has 1 amide bonds. The van der Waals surface area contributed by atoms with Gasteiger partial charge in [-0.25, -0.2) is 0 Å². The molecule has 0 spiro atoms. The summed E-state index contributed by atoms with van der Waals surface area (Å²) in [5.41, 5.74) is 10.6. The van der Waals surface area contributed by atoms with Crippen LogP contribution in [-0.2, 0) is 4.79 Å². The van der Waals surface area contributed by atoms with Crippen molar-refractivity contribution in [1.82, 2.24) is 14.6 Å². The van der Waals surface area contributed by atoms with Gasteiger partial charge in [-0.05, 0) is 49.1 Å². The summed E-state index contributed by atoms with van der Waals surface area (Å²) in [6.45, 7) is 2.09. The van der Waals surface area contributed by atoms with E-state index >= 15 is 0 Å². The second-order valence-corrected chi connectivity index (χ2v) is 6.52. The van der Waals surface area contributed by atoms with Crippen molar-refractivity contribution < 1.29 is 4.79 Å². The molecule has 0 radical (unpaired) electrons. The summed E-state index contributed by atoms with van der Waals surface area (Å²) >= 11 is 0. The van der Waals surface area contributed by atoms with E-state index in [0.717, 1.165) is 18.4 Å². The molecule has 0 aliphatic heterocycles. The van der Waals surface area contributed by atoms with Crippen LogP contribution in [0.15, 0.2) is 65.9 Å². The number of nitrogen functional groups attached to an aromatic ring is 1. The largest absolute Gasteiger partial charge is 0.398 e. The summed E-state index contributed by atoms with van der Waals surface area (Å²) < 4.78 is 1.75. The highest BCUT2D eigenvalue weighted by molar-refractivity contribution is 6.06. The van der Waals surface area contributed by atoms with Gasteiger partial charge in [0.15, 0.2) is 5.65 Å². The van der Waals surface area contributed by atoms with Gasteiger partial charge in [-0.3, -0.25) is 9.20 Å². The number of hydrogen-bond acceptors (Lipinski definition) is 4. The van der Waals surface area contributed by atoms with E-state index in [0.29, 0.717) is 28.4 Å². The molecule has 0 saturated carbocycles. The van der Waals surface area contributed by atoms with Gasteiger partial charge in [0, 0.05) is 28.7 Å². The number of carbonyl (C=O) groups excluding carboxylic acids is 1. The van der Waals surface area contributed by atoms with Crippen molar-refractivity contribution in [2.45, 2.75) is 19.8 Å². The van der Waals surface area contributed by atoms with Crippen molar-refractivity contribution in [3.8, 4) is 11.8 Å². The maximum absolute atomic E-state index is 12.4. The molecule has 1 aromatic carbocycles. The Bertz CT molecular complexity index is 1190. The van der Waals surface area contributed by atoms with E-state index < -0.39 is 0 Å². The number of pyridine rings is 1. The normalized spacial score (nSPS) is 12.9. The van der Waals surface area contributed by atoms with Crippen molar-refractivity contribution in [3.63, 3.8) is 0 Å². The van der Waals surface area contributed by atoms with Gasteiger partial charge in [0.2, 0.25) is 5.82 Å². The third kappa shape index (κ3) is 3.64. The number of amides is 1. The molecule has 0 fully saturated rings. The molecular formula is C22H19N5O. The van der Waals surface area contributed by atoms with Crippen molar-refractivity contribution in [2.75, 3.05) is 11.1 Å². The van der Waals surface area contributed by atoms with Crippen molar-refractivity contribution in [3.05, 3.63) is 77.3 Å². The summed E-state index contributed by atoms with van der Waals surface area (Å²) in [5.74, 6) is 6.48. The molecule has 6 heteroatoms. The second-order valence-electron chi connectivity index (χ2n) is 6.52. The summed E-state index contributed by atoms with van der Waals surface area (Å²) in [6, 6.07) is 11.0. The zero-order chi connectivity index (χ0) is 19.5. The van der Waals surface area contributed by atoms with Gasteiger partial charge in [-0.2, -0.15) is 0 Å². The second kappa shape index (κ2) is 7.41. The van der Waals surface area contributed by atoms with Crippen LogP contribution in [0.25, 0.3) is 5.65 Å². The first-order chi connectivity index (χ1) is 13.6. The lowest BCUT2D eigenvalue weighted by molar-refractivity contribution is -0.112. The summed E-state index contributed by atoms with van der Waals surface area (Å²) in [4.78, 5) is 12.4. The number of nitrogens with two attached hydrogens (primary N) is 1. The topological polar surface area (TPSA) is 85.3 Å². The van der Waals surface area contributed by atoms with E-state index in [1.807, 2.05) is 36.4 Å². The highest BCUT2D eigenvalue weighted by Gasteiger charge is 2.13. The standard InChI is InChI=1S/C22H19N5O/c1-2-15-6-8-17(12-15)22(28)24-19-5-3-4-16(13-19)7-10-20-25-26-21-11-9-18(23)14-27(20)21/h3-5,8-9,11-14H,2,6,23H2,1H3,(H,24,28). The highest BCUT2D eigenvalue weighted by atomic mass is 16.1. The number of hydrogen-bond donors (Lipinski definition) is 2. The first-order valence-corrected chi connectivity index (χ1v) is 9.05. The Morgan fingerprint density at radius 3 is 2.96 bits per heavy atom. The number of rotatable bonds is 3. The van der Waals surface area contributed by atoms with Crippen molar-refractivity contribution in [1.29, 1.82) is 0 Å². The zero-order valence-corrected chi connectivity index (χ0v) is 15.4. The summed E-state index contributed by atoms with van der Waals surface area (Å²) in [5, 5.41) is 11.1.